The van der Waals surface area contributed by atoms with Gasteiger partial charge in [0, 0.05) is 30.1 Å². The Kier molecular flexibility index (Phi) is 9.92. The largest absolute Gasteiger partial charge is 0.480 e. The third-order valence-electron chi connectivity index (χ3n) is 6.31. The normalized spacial score (nSPS) is 12.1. The minimum atomic E-state index is -1.21. The highest BCUT2D eigenvalue weighted by Crippen LogP contribution is 2.19. The summed E-state index contributed by atoms with van der Waals surface area (Å²) in [6.45, 7) is -0.507. The molecule has 4 amide bonds. The molecule has 0 aliphatic heterocycles. The molecule has 41 heavy (non-hydrogen) atoms. The van der Waals surface area contributed by atoms with E-state index in [-0.39, 0.29) is 19.6 Å². The van der Waals surface area contributed by atoms with E-state index in [1.54, 1.807) is 6.20 Å². The SMILES string of the molecule is O=C(O)CNC(=O)N[C@H](Cc1c[nH]c2ccccc12)C(=O)NC[C@H](NC(=O)OCc1ccccc1)c1ccccc1. The number of ether oxygens (including phenoxy) is 1. The minimum Gasteiger partial charge on any atom is -0.480 e. The van der Waals surface area contributed by atoms with Gasteiger partial charge in [-0.3, -0.25) is 9.59 Å². The van der Waals surface area contributed by atoms with Crippen LogP contribution in [0.1, 0.15) is 22.7 Å². The van der Waals surface area contributed by atoms with Gasteiger partial charge in [-0.25, -0.2) is 9.59 Å². The first-order valence-corrected chi connectivity index (χ1v) is 13.0. The van der Waals surface area contributed by atoms with E-state index in [4.69, 9.17) is 9.84 Å². The van der Waals surface area contributed by atoms with E-state index in [1.165, 1.54) is 0 Å². The molecule has 4 rings (SSSR count). The first-order chi connectivity index (χ1) is 19.9. The summed E-state index contributed by atoms with van der Waals surface area (Å²) < 4.78 is 5.36. The van der Waals surface area contributed by atoms with Gasteiger partial charge in [0.25, 0.3) is 0 Å². The van der Waals surface area contributed by atoms with Crippen LogP contribution < -0.4 is 21.3 Å². The molecule has 3 aromatic carbocycles. The fourth-order valence-electron chi connectivity index (χ4n) is 4.27. The number of aromatic amines is 1. The Morgan fingerprint density at radius 2 is 1.51 bits per heavy atom. The molecule has 1 heterocycles. The lowest BCUT2D eigenvalue weighted by atomic mass is 10.0. The molecule has 0 aliphatic rings. The average molecular weight is 558 g/mol. The number of benzene rings is 3. The standard InChI is InChI=1S/C30H31N5O6/c36-27(37)18-33-29(39)34-25(15-22-16-31-24-14-8-7-13-23(22)24)28(38)32-17-26(21-11-5-2-6-12-21)35-30(40)41-19-20-9-3-1-4-10-20/h1-14,16,25-26,31H,15,17-19H2,(H,32,38)(H,35,40)(H,36,37)(H2,33,34,39)/t25-,26+/m1/s1. The molecule has 0 aliphatic carbocycles. The molecule has 212 valence electrons. The molecule has 11 heteroatoms. The average Bonchev–Trinajstić information content (AvgIpc) is 3.40. The molecular formula is C30H31N5O6. The van der Waals surface area contributed by atoms with Crippen molar-refractivity contribution in [3.63, 3.8) is 0 Å². The minimum absolute atomic E-state index is 0.00604. The van der Waals surface area contributed by atoms with E-state index in [0.717, 1.165) is 27.6 Å². The highest BCUT2D eigenvalue weighted by molar-refractivity contribution is 5.90. The van der Waals surface area contributed by atoms with Crippen LogP contribution in [0.15, 0.2) is 91.1 Å². The number of nitrogens with one attached hydrogen (secondary N) is 5. The van der Waals surface area contributed by atoms with Crippen LogP contribution in [0.2, 0.25) is 0 Å². The number of carbonyl (C=O) groups is 4. The Labute approximate surface area is 236 Å². The first-order valence-electron chi connectivity index (χ1n) is 13.0. The number of urea groups is 1. The van der Waals surface area contributed by atoms with Crippen LogP contribution in [0.3, 0.4) is 0 Å². The lowest BCUT2D eigenvalue weighted by Gasteiger charge is -2.23. The summed E-state index contributed by atoms with van der Waals surface area (Å²) in [6.07, 6.45) is 1.25. The van der Waals surface area contributed by atoms with Crippen molar-refractivity contribution < 1.29 is 29.0 Å². The van der Waals surface area contributed by atoms with Crippen molar-refractivity contribution in [2.75, 3.05) is 13.1 Å². The number of rotatable bonds is 12. The summed E-state index contributed by atoms with van der Waals surface area (Å²) in [5.41, 5.74) is 3.24. The number of aromatic nitrogens is 1. The van der Waals surface area contributed by atoms with E-state index in [2.05, 4.69) is 26.3 Å². The van der Waals surface area contributed by atoms with Gasteiger partial charge >= 0.3 is 18.1 Å². The summed E-state index contributed by atoms with van der Waals surface area (Å²) in [7, 11) is 0. The maximum atomic E-state index is 13.4. The molecule has 1 aromatic heterocycles. The topological polar surface area (TPSA) is 162 Å². The van der Waals surface area contributed by atoms with Crippen molar-refractivity contribution in [2.45, 2.75) is 25.1 Å². The molecule has 0 fully saturated rings. The Morgan fingerprint density at radius 1 is 0.829 bits per heavy atom. The number of aliphatic carboxylic acids is 1. The van der Waals surface area contributed by atoms with Gasteiger partial charge in [-0.2, -0.15) is 0 Å². The summed E-state index contributed by atoms with van der Waals surface area (Å²) in [5.74, 6) is -1.73. The van der Waals surface area contributed by atoms with Crippen molar-refractivity contribution in [3.05, 3.63) is 108 Å². The zero-order valence-corrected chi connectivity index (χ0v) is 22.1. The van der Waals surface area contributed by atoms with E-state index >= 15 is 0 Å². The zero-order chi connectivity index (χ0) is 29.0. The van der Waals surface area contributed by atoms with E-state index in [1.807, 2.05) is 84.9 Å². The highest BCUT2D eigenvalue weighted by atomic mass is 16.5. The quantitative estimate of drug-likeness (QED) is 0.157. The smallest absolute Gasteiger partial charge is 0.408 e. The van der Waals surface area contributed by atoms with Crippen LogP contribution in [0.4, 0.5) is 9.59 Å². The molecule has 0 saturated carbocycles. The third-order valence-corrected chi connectivity index (χ3v) is 6.31. The van der Waals surface area contributed by atoms with E-state index in [0.29, 0.717) is 0 Å². The summed E-state index contributed by atoms with van der Waals surface area (Å²) >= 11 is 0. The lowest BCUT2D eigenvalue weighted by molar-refractivity contribution is -0.135. The van der Waals surface area contributed by atoms with Crippen molar-refractivity contribution in [3.8, 4) is 0 Å². The van der Waals surface area contributed by atoms with Crippen LogP contribution in [0.5, 0.6) is 0 Å². The van der Waals surface area contributed by atoms with Gasteiger partial charge in [-0.1, -0.05) is 78.9 Å². The Balaban J connectivity index is 1.45. The van der Waals surface area contributed by atoms with Crippen molar-refractivity contribution >= 4 is 34.9 Å². The van der Waals surface area contributed by atoms with Crippen LogP contribution in [0.25, 0.3) is 10.9 Å². The Bertz CT molecular complexity index is 1470. The number of hydrogen-bond donors (Lipinski definition) is 6. The third kappa shape index (κ3) is 8.59. The number of hydrogen-bond acceptors (Lipinski definition) is 5. The van der Waals surface area contributed by atoms with Gasteiger partial charge in [0.15, 0.2) is 0 Å². The van der Waals surface area contributed by atoms with Crippen molar-refractivity contribution in [2.24, 2.45) is 0 Å². The predicted molar refractivity (Wildman–Crippen MR) is 152 cm³/mol. The molecule has 11 nitrogen and oxygen atoms in total. The van der Waals surface area contributed by atoms with Crippen LogP contribution >= 0.6 is 0 Å². The maximum Gasteiger partial charge on any atom is 0.408 e. The molecule has 0 saturated heterocycles. The second-order valence-corrected chi connectivity index (χ2v) is 9.25. The fourth-order valence-corrected chi connectivity index (χ4v) is 4.27. The maximum absolute atomic E-state index is 13.4. The summed E-state index contributed by atoms with van der Waals surface area (Å²) in [6, 6.07) is 23.4. The number of alkyl carbamates (subject to hydrolysis) is 1. The number of carbonyl (C=O) groups excluding carboxylic acids is 3. The Morgan fingerprint density at radius 3 is 2.24 bits per heavy atom. The van der Waals surface area contributed by atoms with Gasteiger partial charge in [0.05, 0.1) is 6.04 Å². The molecule has 4 aromatic rings. The first kappa shape index (κ1) is 28.7. The molecule has 0 unspecified atom stereocenters. The van der Waals surface area contributed by atoms with E-state index in [9.17, 15) is 19.2 Å². The molecule has 6 N–H and O–H groups in total. The second-order valence-electron chi connectivity index (χ2n) is 9.25. The lowest BCUT2D eigenvalue weighted by Crippen LogP contribution is -2.52. The molecule has 0 radical (unpaired) electrons. The van der Waals surface area contributed by atoms with Gasteiger partial charge in [0.1, 0.15) is 19.2 Å². The number of fused-ring (bicyclic) bond motifs is 1. The van der Waals surface area contributed by atoms with Gasteiger partial charge in [-0.05, 0) is 22.8 Å². The highest BCUT2D eigenvalue weighted by Gasteiger charge is 2.25. The van der Waals surface area contributed by atoms with E-state index < -0.39 is 42.6 Å². The molecule has 2 atom stereocenters. The predicted octanol–water partition coefficient (Wildman–Crippen LogP) is 3.25. The molecular weight excluding hydrogens is 526 g/mol. The number of carboxylic acid groups (broad SMARTS) is 1. The number of H-pyrrole nitrogens is 1. The number of carboxylic acids is 1. The van der Waals surface area contributed by atoms with Crippen LogP contribution in [0, 0.1) is 0 Å². The number of amides is 4. The molecule has 0 spiro atoms. The second kappa shape index (κ2) is 14.2. The number of para-hydroxylation sites is 1. The summed E-state index contributed by atoms with van der Waals surface area (Å²) in [5, 5.41) is 20.2. The monoisotopic (exact) mass is 557 g/mol. The van der Waals surface area contributed by atoms with Crippen LogP contribution in [-0.2, 0) is 27.4 Å². The van der Waals surface area contributed by atoms with Gasteiger partial charge < -0.3 is 36.1 Å². The van der Waals surface area contributed by atoms with Gasteiger partial charge in [-0.15, -0.1) is 0 Å². The zero-order valence-electron chi connectivity index (χ0n) is 22.1. The van der Waals surface area contributed by atoms with Crippen molar-refractivity contribution in [1.82, 2.24) is 26.3 Å². The summed E-state index contributed by atoms with van der Waals surface area (Å²) in [4.78, 5) is 52.4. The molecule has 0 bridgehead atoms. The fraction of sp³-hybridized carbons (Fsp3) is 0.200. The van der Waals surface area contributed by atoms with Crippen molar-refractivity contribution in [1.29, 1.82) is 0 Å². The van der Waals surface area contributed by atoms with Gasteiger partial charge in [0.2, 0.25) is 5.91 Å². The Hall–Kier alpha value is -5.32. The van der Waals surface area contributed by atoms with Crippen LogP contribution in [-0.4, -0.2) is 53.2 Å².